The molecule has 0 atom stereocenters. The van der Waals surface area contributed by atoms with Gasteiger partial charge < -0.3 is 14.6 Å². The lowest BCUT2D eigenvalue weighted by molar-refractivity contribution is -0.677. The highest BCUT2D eigenvalue weighted by atomic mass is 16.6. The molecule has 0 saturated heterocycles. The number of ether oxygens (including phenoxy) is 1. The molecule has 0 spiro atoms. The van der Waals surface area contributed by atoms with Crippen LogP contribution in [0.3, 0.4) is 0 Å². The van der Waals surface area contributed by atoms with Crippen molar-refractivity contribution in [3.05, 3.63) is 18.2 Å². The van der Waals surface area contributed by atoms with Gasteiger partial charge in [-0.25, -0.2) is 9.13 Å². The Morgan fingerprint density at radius 3 is 2.47 bits per heavy atom. The van der Waals surface area contributed by atoms with Gasteiger partial charge in [0.1, 0.15) is 12.4 Å². The Hall–Kier alpha value is -1.52. The number of imidazole rings is 1. The zero-order valence-electron chi connectivity index (χ0n) is 9.69. The van der Waals surface area contributed by atoms with Crippen molar-refractivity contribution in [2.45, 2.75) is 26.8 Å². The number of rotatable bonds is 2. The van der Waals surface area contributed by atoms with Crippen molar-refractivity contribution >= 4 is 6.16 Å². The van der Waals surface area contributed by atoms with E-state index in [2.05, 4.69) is 47.2 Å². The summed E-state index contributed by atoms with van der Waals surface area (Å²) in [4.78, 5) is 9.03. The Balaban J connectivity index is 0.000000336. The van der Waals surface area contributed by atoms with E-state index >= 15 is 0 Å². The van der Waals surface area contributed by atoms with Crippen LogP contribution < -0.4 is 9.67 Å². The summed E-state index contributed by atoms with van der Waals surface area (Å²) in [6.45, 7) is 5.46. The minimum Gasteiger partial charge on any atom is -0.553 e. The second kappa shape index (κ2) is 6.86. The van der Waals surface area contributed by atoms with Gasteiger partial charge in [0.05, 0.1) is 13.6 Å². The van der Waals surface area contributed by atoms with Gasteiger partial charge in [0.25, 0.3) is 12.0 Å². The van der Waals surface area contributed by atoms with Gasteiger partial charge in [-0.05, 0) is 6.42 Å². The number of aromatic nitrogens is 2. The Labute approximate surface area is 89.9 Å². The van der Waals surface area contributed by atoms with Gasteiger partial charge in [0.2, 0.25) is 0 Å². The average molecular weight is 214 g/mol. The summed E-state index contributed by atoms with van der Waals surface area (Å²) in [6, 6.07) is 0. The predicted octanol–water partition coefficient (Wildman–Crippen LogP) is 0.00712. The van der Waals surface area contributed by atoms with Gasteiger partial charge in [-0.1, -0.05) is 6.92 Å². The molecule has 0 aliphatic rings. The molecule has 1 heterocycles. The molecule has 0 radical (unpaired) electrons. The first-order valence-electron chi connectivity index (χ1n) is 4.79. The number of hydrogen-bond donors (Lipinski definition) is 0. The van der Waals surface area contributed by atoms with Gasteiger partial charge in [-0.15, -0.1) is 0 Å². The lowest BCUT2D eigenvalue weighted by Crippen LogP contribution is -2.29. The van der Waals surface area contributed by atoms with Crippen molar-refractivity contribution < 1.29 is 19.2 Å². The van der Waals surface area contributed by atoms with Gasteiger partial charge in [-0.2, -0.15) is 0 Å². The summed E-state index contributed by atoms with van der Waals surface area (Å²) in [5, 5.41) is 9.03. The number of carbonyl (C=O) groups excluding carboxylic acids is 1. The SMILES string of the molecule is CCCn1cc[n+](C)c1C.COC(=O)[O-]. The summed E-state index contributed by atoms with van der Waals surface area (Å²) in [6.07, 6.45) is 3.92. The van der Waals surface area contributed by atoms with E-state index in [1.807, 2.05) is 0 Å². The molecule has 0 N–H and O–H groups in total. The molecule has 0 fully saturated rings. The maximum absolute atomic E-state index is 9.03. The molecule has 1 aromatic heterocycles. The van der Waals surface area contributed by atoms with Crippen LogP contribution in [0, 0.1) is 6.92 Å². The van der Waals surface area contributed by atoms with Crippen LogP contribution >= 0.6 is 0 Å². The molecule has 0 aliphatic heterocycles. The van der Waals surface area contributed by atoms with E-state index in [0.29, 0.717) is 0 Å². The summed E-state index contributed by atoms with van der Waals surface area (Å²) in [5.41, 5.74) is 0. The topological polar surface area (TPSA) is 58.2 Å². The smallest absolute Gasteiger partial charge is 0.253 e. The number of carboxylic acid groups (broad SMARTS) is 1. The van der Waals surface area contributed by atoms with Crippen LogP contribution in [0.5, 0.6) is 0 Å². The Bertz CT molecular complexity index is 308. The maximum Gasteiger partial charge on any atom is 0.253 e. The van der Waals surface area contributed by atoms with E-state index in [1.54, 1.807) is 0 Å². The third-order valence-electron chi connectivity index (χ3n) is 2.03. The van der Waals surface area contributed by atoms with Crippen LogP contribution in [-0.4, -0.2) is 17.8 Å². The largest absolute Gasteiger partial charge is 0.553 e. The third kappa shape index (κ3) is 5.05. The van der Waals surface area contributed by atoms with Crippen molar-refractivity contribution in [1.29, 1.82) is 0 Å². The molecule has 5 heteroatoms. The first-order valence-corrected chi connectivity index (χ1v) is 4.79. The molecule has 1 aromatic rings. The Morgan fingerprint density at radius 2 is 2.20 bits per heavy atom. The normalized spacial score (nSPS) is 9.07. The van der Waals surface area contributed by atoms with E-state index in [9.17, 15) is 0 Å². The van der Waals surface area contributed by atoms with Gasteiger partial charge >= 0.3 is 0 Å². The molecule has 0 amide bonds. The molecule has 0 bridgehead atoms. The van der Waals surface area contributed by atoms with Crippen LogP contribution in [0.2, 0.25) is 0 Å². The van der Waals surface area contributed by atoms with E-state index in [4.69, 9.17) is 9.90 Å². The molecule has 0 aliphatic carbocycles. The zero-order chi connectivity index (χ0) is 11.8. The molecule has 86 valence electrons. The lowest BCUT2D eigenvalue weighted by atomic mass is 10.5. The molecular formula is C10H18N2O3. The molecular weight excluding hydrogens is 196 g/mol. The number of methoxy groups -OCH3 is 1. The first kappa shape index (κ1) is 13.5. The molecule has 0 aromatic carbocycles. The first-order chi connectivity index (χ1) is 7.02. The molecule has 1 rings (SSSR count). The highest BCUT2D eigenvalue weighted by Crippen LogP contribution is 1.93. The minimum atomic E-state index is -1.50. The van der Waals surface area contributed by atoms with E-state index in [-0.39, 0.29) is 0 Å². The van der Waals surface area contributed by atoms with Gasteiger partial charge in [-0.3, -0.25) is 0 Å². The van der Waals surface area contributed by atoms with Crippen molar-refractivity contribution in [1.82, 2.24) is 4.57 Å². The third-order valence-corrected chi connectivity index (χ3v) is 2.03. The van der Waals surface area contributed by atoms with Gasteiger partial charge in [0.15, 0.2) is 0 Å². The summed E-state index contributed by atoms with van der Waals surface area (Å²) < 4.78 is 7.95. The van der Waals surface area contributed by atoms with Crippen LogP contribution in [0.25, 0.3) is 0 Å². The second-order valence-electron chi connectivity index (χ2n) is 3.10. The van der Waals surface area contributed by atoms with Crippen molar-refractivity contribution in [2.24, 2.45) is 7.05 Å². The van der Waals surface area contributed by atoms with E-state index in [1.165, 1.54) is 12.2 Å². The summed E-state index contributed by atoms with van der Waals surface area (Å²) >= 11 is 0. The molecule has 0 unspecified atom stereocenters. The van der Waals surface area contributed by atoms with Gasteiger partial charge in [0, 0.05) is 14.0 Å². The highest BCUT2D eigenvalue weighted by Gasteiger charge is 2.05. The van der Waals surface area contributed by atoms with Crippen LogP contribution in [0.4, 0.5) is 4.79 Å². The predicted molar refractivity (Wildman–Crippen MR) is 53.0 cm³/mol. The quantitative estimate of drug-likeness (QED) is 0.514. The fraction of sp³-hybridized carbons (Fsp3) is 0.600. The van der Waals surface area contributed by atoms with Crippen LogP contribution in [-0.2, 0) is 18.3 Å². The van der Waals surface area contributed by atoms with E-state index < -0.39 is 6.16 Å². The molecule has 0 saturated carbocycles. The molecule has 5 nitrogen and oxygen atoms in total. The Kier molecular flexibility index (Phi) is 6.17. The van der Waals surface area contributed by atoms with Crippen LogP contribution in [0.15, 0.2) is 12.4 Å². The van der Waals surface area contributed by atoms with Crippen molar-refractivity contribution in [2.75, 3.05) is 7.11 Å². The lowest BCUT2D eigenvalue weighted by Gasteiger charge is -1.93. The number of aryl methyl sites for hydroxylation is 2. The monoisotopic (exact) mass is 214 g/mol. The summed E-state index contributed by atoms with van der Waals surface area (Å²) in [7, 11) is 3.11. The number of carbonyl (C=O) groups is 1. The van der Waals surface area contributed by atoms with Crippen LogP contribution in [0.1, 0.15) is 19.2 Å². The standard InChI is InChI=1S/C8H15N2.C2H4O3/c1-4-5-10-7-6-9(3)8(10)2;1-5-2(3)4/h6-7H,4-5H2,1-3H3;1H3,(H,3,4)/q+1;/p-1. The molecule has 15 heavy (non-hydrogen) atoms. The fourth-order valence-electron chi connectivity index (χ4n) is 1.08. The number of nitrogens with zero attached hydrogens (tertiary/aromatic N) is 2. The Morgan fingerprint density at radius 1 is 1.67 bits per heavy atom. The second-order valence-corrected chi connectivity index (χ2v) is 3.10. The minimum absolute atomic E-state index is 1.04. The average Bonchev–Trinajstić information content (AvgIpc) is 2.51. The summed E-state index contributed by atoms with van der Waals surface area (Å²) in [5.74, 6) is 1.32. The highest BCUT2D eigenvalue weighted by molar-refractivity contribution is 5.53. The maximum atomic E-state index is 9.03. The zero-order valence-corrected chi connectivity index (χ0v) is 9.69. The fourth-order valence-corrected chi connectivity index (χ4v) is 1.08. The van der Waals surface area contributed by atoms with E-state index in [0.717, 1.165) is 13.7 Å². The van der Waals surface area contributed by atoms with Crippen molar-refractivity contribution in [3.63, 3.8) is 0 Å². The number of hydrogen-bond acceptors (Lipinski definition) is 3. The van der Waals surface area contributed by atoms with Crippen molar-refractivity contribution in [3.8, 4) is 0 Å².